The van der Waals surface area contributed by atoms with Gasteiger partial charge in [-0.05, 0) is 54.8 Å². The molecule has 0 aliphatic carbocycles. The van der Waals surface area contributed by atoms with Crippen LogP contribution in [0.4, 0.5) is 4.39 Å². The minimum Gasteiger partial charge on any atom is -0.330 e. The Labute approximate surface area is 157 Å². The molecule has 1 fully saturated rings. The Morgan fingerprint density at radius 1 is 1.07 bits per heavy atom. The van der Waals surface area contributed by atoms with Gasteiger partial charge in [0.15, 0.2) is 0 Å². The molecule has 1 aromatic carbocycles. The van der Waals surface area contributed by atoms with Gasteiger partial charge in [-0.2, -0.15) is 0 Å². The molecule has 4 nitrogen and oxygen atoms in total. The van der Waals surface area contributed by atoms with Gasteiger partial charge < -0.3 is 4.90 Å². The number of hydrogen-bond acceptors (Lipinski definition) is 3. The molecule has 4 rings (SSSR count). The Morgan fingerprint density at radius 3 is 2.63 bits per heavy atom. The number of carbonyl (C=O) groups is 1. The Bertz CT molecular complexity index is 928. The monoisotopic (exact) mass is 361 g/mol. The maximum Gasteiger partial charge on any atom is 0.254 e. The lowest BCUT2D eigenvalue weighted by Gasteiger charge is -2.24. The number of amides is 1. The quantitative estimate of drug-likeness (QED) is 0.700. The van der Waals surface area contributed by atoms with Crippen LogP contribution in [-0.4, -0.2) is 27.3 Å². The molecule has 136 valence electrons. The summed E-state index contributed by atoms with van der Waals surface area (Å²) in [5, 5.41) is 0. The Hall–Kier alpha value is -3.08. The van der Waals surface area contributed by atoms with Crippen molar-refractivity contribution < 1.29 is 9.18 Å². The second kappa shape index (κ2) is 7.66. The molecule has 1 aliphatic rings. The van der Waals surface area contributed by atoms with Gasteiger partial charge in [-0.3, -0.25) is 14.8 Å². The fourth-order valence-electron chi connectivity index (χ4n) is 3.57. The molecule has 0 unspecified atom stereocenters. The second-order valence-electron chi connectivity index (χ2n) is 6.75. The van der Waals surface area contributed by atoms with Crippen LogP contribution in [0.15, 0.2) is 67.0 Å². The molecule has 0 spiro atoms. The number of likely N-dealkylation sites (tertiary alicyclic amines) is 1. The van der Waals surface area contributed by atoms with Gasteiger partial charge in [-0.1, -0.05) is 18.2 Å². The molecule has 2 aromatic heterocycles. The van der Waals surface area contributed by atoms with Gasteiger partial charge in [0.2, 0.25) is 0 Å². The summed E-state index contributed by atoms with van der Waals surface area (Å²) in [7, 11) is 0. The van der Waals surface area contributed by atoms with Crippen LogP contribution in [-0.2, 0) is 6.42 Å². The third kappa shape index (κ3) is 3.87. The van der Waals surface area contributed by atoms with Crippen LogP contribution >= 0.6 is 0 Å². The third-order valence-corrected chi connectivity index (χ3v) is 4.91. The highest BCUT2D eigenvalue weighted by molar-refractivity contribution is 5.94. The van der Waals surface area contributed by atoms with E-state index in [1.54, 1.807) is 36.7 Å². The Balaban J connectivity index is 1.55. The van der Waals surface area contributed by atoms with Crippen molar-refractivity contribution in [3.8, 4) is 0 Å². The van der Waals surface area contributed by atoms with E-state index in [2.05, 4.69) is 4.98 Å². The summed E-state index contributed by atoms with van der Waals surface area (Å²) in [5.41, 5.74) is 3.49. The normalized spacial score (nSPS) is 16.5. The van der Waals surface area contributed by atoms with Crippen molar-refractivity contribution in [3.63, 3.8) is 0 Å². The molecule has 3 aromatic rings. The molecular formula is C22H20FN3O. The summed E-state index contributed by atoms with van der Waals surface area (Å²) in [4.78, 5) is 23.6. The molecule has 3 heterocycles. The largest absolute Gasteiger partial charge is 0.330 e. The number of rotatable bonds is 4. The number of aromatic nitrogens is 2. The fourth-order valence-corrected chi connectivity index (χ4v) is 3.57. The van der Waals surface area contributed by atoms with Gasteiger partial charge >= 0.3 is 0 Å². The highest BCUT2D eigenvalue weighted by Gasteiger charge is 2.31. The molecule has 1 aliphatic heterocycles. The number of pyridine rings is 2. The topological polar surface area (TPSA) is 46.1 Å². The van der Waals surface area contributed by atoms with E-state index in [0.29, 0.717) is 12.0 Å². The summed E-state index contributed by atoms with van der Waals surface area (Å²) in [6, 6.07) is 15.9. The van der Waals surface area contributed by atoms with Crippen molar-refractivity contribution in [3.05, 3.63) is 95.3 Å². The van der Waals surface area contributed by atoms with E-state index in [1.165, 1.54) is 12.1 Å². The minimum absolute atomic E-state index is 0.0150. The van der Waals surface area contributed by atoms with Crippen LogP contribution in [0.5, 0.6) is 0 Å². The van der Waals surface area contributed by atoms with Crippen molar-refractivity contribution >= 4 is 5.91 Å². The number of carbonyl (C=O) groups excluding carboxylic acids is 1. The van der Waals surface area contributed by atoms with E-state index in [0.717, 1.165) is 36.3 Å². The zero-order valence-electron chi connectivity index (χ0n) is 14.9. The summed E-state index contributed by atoms with van der Waals surface area (Å²) < 4.78 is 13.1. The molecule has 27 heavy (non-hydrogen) atoms. The Kier molecular flexibility index (Phi) is 4.92. The maximum absolute atomic E-state index is 13.1. The summed E-state index contributed by atoms with van der Waals surface area (Å²) in [6.07, 6.45) is 5.79. The SMILES string of the molecule is O=C(c1ccncc1)N1CCC[C@H]1c1cccc(Cc2ccc(F)cc2)n1. The molecule has 0 saturated carbocycles. The fraction of sp³-hybridized carbons (Fsp3) is 0.227. The van der Waals surface area contributed by atoms with Gasteiger partial charge in [0.25, 0.3) is 5.91 Å². The van der Waals surface area contributed by atoms with Crippen LogP contribution in [0.2, 0.25) is 0 Å². The first-order chi connectivity index (χ1) is 13.2. The smallest absolute Gasteiger partial charge is 0.254 e. The van der Waals surface area contributed by atoms with Gasteiger partial charge in [0.1, 0.15) is 5.82 Å². The molecule has 5 heteroatoms. The first-order valence-electron chi connectivity index (χ1n) is 9.12. The second-order valence-corrected chi connectivity index (χ2v) is 6.75. The number of benzene rings is 1. The van der Waals surface area contributed by atoms with Crippen molar-refractivity contribution in [2.24, 2.45) is 0 Å². The van der Waals surface area contributed by atoms with Crippen molar-refractivity contribution in [1.82, 2.24) is 14.9 Å². The predicted molar refractivity (Wildman–Crippen MR) is 101 cm³/mol. The Morgan fingerprint density at radius 2 is 1.85 bits per heavy atom. The molecule has 0 radical (unpaired) electrons. The van der Waals surface area contributed by atoms with Gasteiger partial charge in [0.05, 0.1) is 11.7 Å². The van der Waals surface area contributed by atoms with Crippen LogP contribution < -0.4 is 0 Å². The third-order valence-electron chi connectivity index (χ3n) is 4.91. The van der Waals surface area contributed by atoms with E-state index >= 15 is 0 Å². The van der Waals surface area contributed by atoms with Gasteiger partial charge in [0, 0.05) is 36.6 Å². The minimum atomic E-state index is -0.239. The standard InChI is InChI=1S/C22H20FN3O/c23-18-8-6-16(7-9-18)15-19-3-1-4-20(25-19)21-5-2-14-26(21)22(27)17-10-12-24-13-11-17/h1,3-4,6-13,21H,2,5,14-15H2/t21-/m0/s1. The lowest BCUT2D eigenvalue weighted by Crippen LogP contribution is -2.31. The molecule has 0 bridgehead atoms. The van der Waals surface area contributed by atoms with E-state index in [4.69, 9.17) is 4.98 Å². The van der Waals surface area contributed by atoms with Crippen molar-refractivity contribution in [2.75, 3.05) is 6.54 Å². The lowest BCUT2D eigenvalue weighted by atomic mass is 10.1. The van der Waals surface area contributed by atoms with E-state index < -0.39 is 0 Å². The first-order valence-corrected chi connectivity index (χ1v) is 9.12. The molecular weight excluding hydrogens is 341 g/mol. The molecule has 1 saturated heterocycles. The van der Waals surface area contributed by atoms with Crippen molar-refractivity contribution in [2.45, 2.75) is 25.3 Å². The highest BCUT2D eigenvalue weighted by atomic mass is 19.1. The number of halogens is 1. The van der Waals surface area contributed by atoms with E-state index in [1.807, 2.05) is 23.1 Å². The maximum atomic E-state index is 13.1. The summed E-state index contributed by atoms with van der Waals surface area (Å²) in [6.45, 7) is 0.732. The van der Waals surface area contributed by atoms with Crippen LogP contribution in [0.25, 0.3) is 0 Å². The van der Waals surface area contributed by atoms with Crippen LogP contribution in [0, 0.1) is 5.82 Å². The van der Waals surface area contributed by atoms with Crippen LogP contribution in [0.3, 0.4) is 0 Å². The lowest BCUT2D eigenvalue weighted by molar-refractivity contribution is 0.0732. The number of nitrogens with zero attached hydrogens (tertiary/aromatic N) is 3. The van der Waals surface area contributed by atoms with E-state index in [9.17, 15) is 9.18 Å². The average molecular weight is 361 g/mol. The highest BCUT2D eigenvalue weighted by Crippen LogP contribution is 2.32. The molecule has 1 atom stereocenters. The van der Waals surface area contributed by atoms with Gasteiger partial charge in [-0.25, -0.2) is 4.39 Å². The first kappa shape index (κ1) is 17.3. The number of hydrogen-bond donors (Lipinski definition) is 0. The molecule has 1 amide bonds. The summed E-state index contributed by atoms with van der Waals surface area (Å²) >= 11 is 0. The van der Waals surface area contributed by atoms with Crippen LogP contribution in [0.1, 0.15) is 46.2 Å². The van der Waals surface area contributed by atoms with E-state index in [-0.39, 0.29) is 17.8 Å². The molecule has 0 N–H and O–H groups in total. The average Bonchev–Trinajstić information content (AvgIpc) is 3.20. The summed E-state index contributed by atoms with van der Waals surface area (Å²) in [5.74, 6) is -0.220. The van der Waals surface area contributed by atoms with Crippen molar-refractivity contribution in [1.29, 1.82) is 0 Å². The zero-order chi connectivity index (χ0) is 18.6. The predicted octanol–water partition coefficient (Wildman–Crippen LogP) is 4.18. The zero-order valence-corrected chi connectivity index (χ0v) is 14.9. The van der Waals surface area contributed by atoms with Gasteiger partial charge in [-0.15, -0.1) is 0 Å².